The molecule has 0 saturated carbocycles. The van der Waals surface area contributed by atoms with Gasteiger partial charge in [-0.1, -0.05) is 51.6 Å². The Bertz CT molecular complexity index is 1380. The van der Waals surface area contributed by atoms with Gasteiger partial charge in [-0.25, -0.2) is 14.6 Å². The van der Waals surface area contributed by atoms with Crippen molar-refractivity contribution in [2.75, 3.05) is 18.4 Å². The summed E-state index contributed by atoms with van der Waals surface area (Å²) in [4.78, 5) is 34.3. The predicted molar refractivity (Wildman–Crippen MR) is 134 cm³/mol. The molecule has 0 saturated heterocycles. The number of para-hydroxylation sites is 1. The van der Waals surface area contributed by atoms with Crippen LogP contribution in [-0.4, -0.2) is 44.0 Å². The minimum Gasteiger partial charge on any atom is -0.451 e. The molecule has 0 aliphatic rings. The van der Waals surface area contributed by atoms with Gasteiger partial charge in [0.1, 0.15) is 11.4 Å². The van der Waals surface area contributed by atoms with Gasteiger partial charge in [-0.2, -0.15) is 5.10 Å². The molecule has 0 fully saturated rings. The molecule has 0 unspecified atom stereocenters. The third-order valence-electron chi connectivity index (χ3n) is 4.96. The van der Waals surface area contributed by atoms with Gasteiger partial charge in [-0.15, -0.1) is 0 Å². The van der Waals surface area contributed by atoms with Crippen LogP contribution in [0, 0.1) is 5.92 Å². The van der Waals surface area contributed by atoms with Crippen LogP contribution < -0.4 is 16.1 Å². The summed E-state index contributed by atoms with van der Waals surface area (Å²) in [6.07, 6.45) is 1.74. The summed E-state index contributed by atoms with van der Waals surface area (Å²) in [5.74, 6) is 0.748. The highest BCUT2D eigenvalue weighted by atomic mass is 32.2. The van der Waals surface area contributed by atoms with Crippen molar-refractivity contribution >= 4 is 45.5 Å². The minimum absolute atomic E-state index is 0.0212. The first-order valence-corrected chi connectivity index (χ1v) is 12.1. The Balaban J connectivity index is 1.51. The highest BCUT2D eigenvalue weighted by Crippen LogP contribution is 2.26. The summed E-state index contributed by atoms with van der Waals surface area (Å²) in [5, 5.41) is 13.0. The Morgan fingerprint density at radius 3 is 2.71 bits per heavy atom. The molecule has 1 amide bonds. The number of anilines is 1. The Morgan fingerprint density at radius 1 is 1.15 bits per heavy atom. The molecule has 0 radical (unpaired) electrons. The molecule has 0 aliphatic heterocycles. The smallest absolute Gasteiger partial charge is 0.287 e. The fraction of sp³-hybridized carbons (Fsp3) is 0.375. The van der Waals surface area contributed by atoms with Gasteiger partial charge in [0, 0.05) is 24.4 Å². The maximum absolute atomic E-state index is 12.6. The largest absolute Gasteiger partial charge is 0.451 e. The maximum Gasteiger partial charge on any atom is 0.287 e. The lowest BCUT2D eigenvalue weighted by molar-refractivity contribution is 0.0925. The van der Waals surface area contributed by atoms with E-state index in [1.54, 1.807) is 46.9 Å². The van der Waals surface area contributed by atoms with Crippen molar-refractivity contribution in [3.8, 4) is 0 Å². The zero-order valence-corrected chi connectivity index (χ0v) is 20.5. The number of thioether (sulfide) groups is 1. The quantitative estimate of drug-likeness (QED) is 0.274. The van der Waals surface area contributed by atoms with E-state index in [4.69, 9.17) is 9.40 Å². The van der Waals surface area contributed by atoms with Crippen LogP contribution in [0.2, 0.25) is 0 Å². The van der Waals surface area contributed by atoms with Gasteiger partial charge in [-0.3, -0.25) is 9.59 Å². The van der Waals surface area contributed by atoms with Crippen LogP contribution in [0.3, 0.4) is 0 Å². The number of carbonyl (C=O) groups is 1. The number of hydrogen-bond donors (Lipinski definition) is 2. The molecular weight excluding hydrogens is 452 g/mol. The number of hydrogen-bond acceptors (Lipinski definition) is 8. The normalized spacial score (nSPS) is 11.6. The molecule has 0 atom stereocenters. The predicted octanol–water partition coefficient (Wildman–Crippen LogP) is 3.93. The number of amides is 1. The molecule has 4 rings (SSSR count). The average molecular weight is 481 g/mol. The number of carbonyl (C=O) groups excluding carboxylic acids is 1. The molecule has 0 spiro atoms. The first-order chi connectivity index (χ1) is 16.3. The third kappa shape index (κ3) is 5.39. The van der Waals surface area contributed by atoms with Crippen LogP contribution in [0.1, 0.15) is 38.2 Å². The topological polar surface area (TPSA) is 115 Å². The average Bonchev–Trinajstić information content (AvgIpc) is 3.20. The number of rotatable bonds is 9. The first-order valence-electron chi connectivity index (χ1n) is 11.3. The van der Waals surface area contributed by atoms with Crippen molar-refractivity contribution in [2.24, 2.45) is 5.92 Å². The van der Waals surface area contributed by atoms with Gasteiger partial charge in [0.2, 0.25) is 0 Å². The molecule has 4 aromatic rings. The minimum atomic E-state index is -0.454. The van der Waals surface area contributed by atoms with Crippen LogP contribution >= 0.6 is 11.8 Å². The van der Waals surface area contributed by atoms with E-state index >= 15 is 0 Å². The second kappa shape index (κ2) is 10.3. The monoisotopic (exact) mass is 480 g/mol. The molecule has 10 heteroatoms. The Kier molecular flexibility index (Phi) is 7.16. The van der Waals surface area contributed by atoms with Gasteiger partial charge < -0.3 is 15.1 Å². The Morgan fingerprint density at radius 2 is 1.94 bits per heavy atom. The van der Waals surface area contributed by atoms with E-state index in [0.29, 0.717) is 39.5 Å². The van der Waals surface area contributed by atoms with E-state index in [1.807, 2.05) is 0 Å². The van der Waals surface area contributed by atoms with Crippen LogP contribution in [-0.2, 0) is 6.54 Å². The van der Waals surface area contributed by atoms with Gasteiger partial charge in [-0.05, 0) is 18.1 Å². The van der Waals surface area contributed by atoms with Crippen LogP contribution in [0.25, 0.3) is 22.0 Å². The Labute approximate surface area is 201 Å². The molecule has 0 bridgehead atoms. The fourth-order valence-electron chi connectivity index (χ4n) is 3.38. The third-order valence-corrected chi connectivity index (χ3v) is 5.83. The summed E-state index contributed by atoms with van der Waals surface area (Å²) in [6.45, 7) is 9.94. The summed E-state index contributed by atoms with van der Waals surface area (Å²) < 4.78 is 7.36. The zero-order valence-electron chi connectivity index (χ0n) is 19.7. The SMILES string of the molecule is CC(C)CNc1nc(SC(C)C)nc2c1cnn2CCNC(=O)c1cc(=O)c2ccccc2o1. The van der Waals surface area contributed by atoms with E-state index in [1.165, 1.54) is 6.07 Å². The number of aromatic nitrogens is 4. The standard InChI is InChI=1S/C24H28N6O3S/c1-14(2)12-26-21-17-13-27-30(22(17)29-24(28-21)34-15(3)4)10-9-25-23(32)20-11-18(31)16-7-5-6-8-19(16)33-20/h5-8,11,13-15H,9-10,12H2,1-4H3,(H,25,32)(H,26,28,29). The van der Waals surface area contributed by atoms with Crippen molar-refractivity contribution < 1.29 is 9.21 Å². The van der Waals surface area contributed by atoms with Gasteiger partial charge in [0.25, 0.3) is 5.91 Å². The summed E-state index contributed by atoms with van der Waals surface area (Å²) in [6, 6.07) is 8.07. The zero-order chi connectivity index (χ0) is 24.2. The molecule has 0 aliphatic carbocycles. The summed E-state index contributed by atoms with van der Waals surface area (Å²) in [7, 11) is 0. The van der Waals surface area contributed by atoms with Crippen molar-refractivity contribution in [2.45, 2.75) is 44.6 Å². The summed E-state index contributed by atoms with van der Waals surface area (Å²) in [5.41, 5.74) is 0.834. The molecular formula is C24H28N6O3S. The van der Waals surface area contributed by atoms with Crippen molar-refractivity contribution in [3.05, 3.63) is 52.5 Å². The second-order valence-corrected chi connectivity index (χ2v) is 10.2. The molecule has 3 heterocycles. The number of fused-ring (bicyclic) bond motifs is 2. The van der Waals surface area contributed by atoms with Crippen molar-refractivity contribution in [1.29, 1.82) is 0 Å². The number of nitrogens with zero attached hydrogens (tertiary/aromatic N) is 4. The van der Waals surface area contributed by atoms with Gasteiger partial charge >= 0.3 is 0 Å². The molecule has 178 valence electrons. The van der Waals surface area contributed by atoms with Crippen LogP contribution in [0.15, 0.2) is 50.9 Å². The fourth-order valence-corrected chi connectivity index (χ4v) is 4.08. The Hall–Kier alpha value is -3.40. The van der Waals surface area contributed by atoms with Crippen molar-refractivity contribution in [1.82, 2.24) is 25.1 Å². The molecule has 9 nitrogen and oxygen atoms in total. The van der Waals surface area contributed by atoms with E-state index in [0.717, 1.165) is 17.7 Å². The number of nitrogens with one attached hydrogen (secondary N) is 2. The maximum atomic E-state index is 12.6. The lowest BCUT2D eigenvalue weighted by Crippen LogP contribution is -2.28. The van der Waals surface area contributed by atoms with Gasteiger partial charge in [0.15, 0.2) is 22.0 Å². The van der Waals surface area contributed by atoms with Crippen LogP contribution in [0.5, 0.6) is 0 Å². The van der Waals surface area contributed by atoms with E-state index in [9.17, 15) is 9.59 Å². The highest BCUT2D eigenvalue weighted by Gasteiger charge is 2.16. The molecule has 2 N–H and O–H groups in total. The number of benzene rings is 1. The second-order valence-electron chi connectivity index (χ2n) is 8.63. The van der Waals surface area contributed by atoms with E-state index in [2.05, 4.69) is 48.4 Å². The molecule has 1 aromatic carbocycles. The van der Waals surface area contributed by atoms with E-state index < -0.39 is 5.91 Å². The lowest BCUT2D eigenvalue weighted by Gasteiger charge is -2.12. The summed E-state index contributed by atoms with van der Waals surface area (Å²) >= 11 is 1.59. The molecule has 34 heavy (non-hydrogen) atoms. The van der Waals surface area contributed by atoms with Gasteiger partial charge in [0.05, 0.1) is 23.5 Å². The lowest BCUT2D eigenvalue weighted by atomic mass is 10.2. The highest BCUT2D eigenvalue weighted by molar-refractivity contribution is 7.99. The van der Waals surface area contributed by atoms with Crippen LogP contribution in [0.4, 0.5) is 5.82 Å². The first kappa shape index (κ1) is 23.7. The van der Waals surface area contributed by atoms with Crippen molar-refractivity contribution in [3.63, 3.8) is 0 Å². The van der Waals surface area contributed by atoms with E-state index in [-0.39, 0.29) is 17.7 Å². The molecule has 3 aromatic heterocycles.